The van der Waals surface area contributed by atoms with Gasteiger partial charge in [0.25, 0.3) is 0 Å². The van der Waals surface area contributed by atoms with Gasteiger partial charge in [0.15, 0.2) is 8.32 Å². The van der Waals surface area contributed by atoms with Crippen molar-refractivity contribution in [3.05, 3.63) is 23.8 Å². The van der Waals surface area contributed by atoms with Crippen molar-refractivity contribution in [1.82, 2.24) is 0 Å². The van der Waals surface area contributed by atoms with Crippen LogP contribution in [0.5, 0.6) is 0 Å². The second-order valence-corrected chi connectivity index (χ2v) is 15.7. The molecule has 0 bridgehead atoms. The number of carbonyl (C=O) groups is 1. The maximum Gasteiger partial charge on any atom is 0.308 e. The zero-order chi connectivity index (χ0) is 21.4. The minimum atomic E-state index is -1.77. The van der Waals surface area contributed by atoms with Crippen LogP contribution in [0.2, 0.25) is 18.1 Å². The number of rotatable bonds is 5. The van der Waals surface area contributed by atoms with Crippen LogP contribution in [0.25, 0.3) is 0 Å². The molecule has 1 aliphatic heterocycles. The van der Waals surface area contributed by atoms with E-state index in [0.717, 1.165) is 25.7 Å². The molecule has 5 heteroatoms. The summed E-state index contributed by atoms with van der Waals surface area (Å²) in [6, 6.07) is 0. The third kappa shape index (κ3) is 5.42. The molecule has 0 aromatic rings. The van der Waals surface area contributed by atoms with Crippen molar-refractivity contribution in [3.8, 4) is 0 Å². The van der Waals surface area contributed by atoms with Gasteiger partial charge >= 0.3 is 5.97 Å². The van der Waals surface area contributed by atoms with Gasteiger partial charge in [0.2, 0.25) is 0 Å². The summed E-state index contributed by atoms with van der Waals surface area (Å²) in [4.78, 5) is 11.6. The molecule has 29 heavy (non-hydrogen) atoms. The summed E-state index contributed by atoms with van der Waals surface area (Å²) in [6.45, 7) is 13.9. The van der Waals surface area contributed by atoms with Crippen molar-refractivity contribution < 1.29 is 19.1 Å². The van der Waals surface area contributed by atoms with Crippen molar-refractivity contribution in [2.24, 2.45) is 17.8 Å². The molecule has 6 unspecified atom stereocenters. The summed E-state index contributed by atoms with van der Waals surface area (Å²) >= 11 is 0. The monoisotopic (exact) mass is 420 g/mol. The highest BCUT2D eigenvalue weighted by molar-refractivity contribution is 6.74. The average molecular weight is 421 g/mol. The van der Waals surface area contributed by atoms with E-state index >= 15 is 0 Å². The van der Waals surface area contributed by atoms with Crippen molar-refractivity contribution in [1.29, 1.82) is 0 Å². The van der Waals surface area contributed by atoms with Gasteiger partial charge in [0.05, 0.1) is 18.6 Å². The third-order valence-corrected chi connectivity index (χ3v) is 12.2. The van der Waals surface area contributed by atoms with Crippen LogP contribution in [-0.4, -0.2) is 37.7 Å². The second-order valence-electron chi connectivity index (χ2n) is 10.9. The number of hydrogen-bond acceptors (Lipinski definition) is 4. The number of esters is 1. The van der Waals surface area contributed by atoms with Gasteiger partial charge in [0, 0.05) is 6.42 Å². The predicted molar refractivity (Wildman–Crippen MR) is 119 cm³/mol. The molecule has 0 radical (unpaired) electrons. The molecule has 3 rings (SSSR count). The minimum Gasteiger partial charge on any atom is -0.462 e. The van der Waals surface area contributed by atoms with Gasteiger partial charge < -0.3 is 14.3 Å². The van der Waals surface area contributed by atoms with E-state index in [2.05, 4.69) is 59.0 Å². The Bertz CT molecular complexity index is 660. The molecule has 0 amide bonds. The van der Waals surface area contributed by atoms with Crippen LogP contribution in [-0.2, 0) is 14.0 Å². The van der Waals surface area contributed by atoms with Gasteiger partial charge in [0.1, 0.15) is 6.10 Å². The van der Waals surface area contributed by atoms with Gasteiger partial charge in [-0.3, -0.25) is 4.79 Å². The maximum absolute atomic E-state index is 11.6. The quantitative estimate of drug-likeness (QED) is 0.479. The molecule has 6 atom stereocenters. The van der Waals surface area contributed by atoms with E-state index in [1.807, 2.05) is 0 Å². The van der Waals surface area contributed by atoms with E-state index < -0.39 is 14.4 Å². The molecular weight excluding hydrogens is 380 g/mol. The lowest BCUT2D eigenvalue weighted by Gasteiger charge is -2.43. The van der Waals surface area contributed by atoms with E-state index in [9.17, 15) is 9.90 Å². The highest BCUT2D eigenvalue weighted by atomic mass is 28.4. The zero-order valence-corrected chi connectivity index (χ0v) is 20.1. The summed E-state index contributed by atoms with van der Waals surface area (Å²) in [6.07, 6.45) is 11.5. The first-order valence-corrected chi connectivity index (χ1v) is 14.3. The molecular formula is C24H40O4Si. The normalized spacial score (nSPS) is 35.7. The van der Waals surface area contributed by atoms with Crippen LogP contribution in [0.3, 0.4) is 0 Å². The van der Waals surface area contributed by atoms with E-state index in [1.54, 1.807) is 0 Å². The van der Waals surface area contributed by atoms with E-state index in [4.69, 9.17) is 9.16 Å². The molecule has 4 nitrogen and oxygen atoms in total. The Morgan fingerprint density at radius 2 is 1.97 bits per heavy atom. The van der Waals surface area contributed by atoms with Gasteiger partial charge in [-0.1, -0.05) is 45.9 Å². The van der Waals surface area contributed by atoms with Gasteiger partial charge in [-0.15, -0.1) is 0 Å². The van der Waals surface area contributed by atoms with Crippen LogP contribution in [0.15, 0.2) is 23.8 Å². The fourth-order valence-electron chi connectivity index (χ4n) is 4.87. The summed E-state index contributed by atoms with van der Waals surface area (Å²) < 4.78 is 12.2. The first-order valence-electron chi connectivity index (χ1n) is 11.4. The van der Waals surface area contributed by atoms with Gasteiger partial charge in [-0.05, 0) is 67.1 Å². The Kier molecular flexibility index (Phi) is 6.81. The highest BCUT2D eigenvalue weighted by Crippen LogP contribution is 2.45. The molecule has 0 aromatic carbocycles. The fraction of sp³-hybridized carbons (Fsp3) is 0.792. The lowest BCUT2D eigenvalue weighted by Crippen LogP contribution is -2.44. The number of fused-ring (bicyclic) bond motifs is 1. The third-order valence-electron chi connectivity index (χ3n) is 7.66. The Morgan fingerprint density at radius 1 is 1.24 bits per heavy atom. The largest absolute Gasteiger partial charge is 0.462 e. The summed E-state index contributed by atoms with van der Waals surface area (Å²) in [5.41, 5.74) is 1.43. The Morgan fingerprint density at radius 3 is 2.62 bits per heavy atom. The Hall–Kier alpha value is -0.913. The summed E-state index contributed by atoms with van der Waals surface area (Å²) in [5.74, 6) is 1.41. The topological polar surface area (TPSA) is 55.8 Å². The molecule has 0 spiro atoms. The first kappa shape index (κ1) is 22.8. The van der Waals surface area contributed by atoms with Crippen molar-refractivity contribution >= 4 is 14.3 Å². The molecule has 1 heterocycles. The lowest BCUT2D eigenvalue weighted by atomic mass is 9.67. The molecule has 3 aliphatic rings. The maximum atomic E-state index is 11.6. The molecule has 1 fully saturated rings. The van der Waals surface area contributed by atoms with Gasteiger partial charge in [-0.2, -0.15) is 0 Å². The number of cyclic esters (lactones) is 1. The number of allylic oxidation sites excluding steroid dienone is 3. The molecule has 1 saturated heterocycles. The molecule has 164 valence electrons. The van der Waals surface area contributed by atoms with Gasteiger partial charge in [-0.25, -0.2) is 0 Å². The Labute approximate surface area is 177 Å². The number of aliphatic hydroxyl groups excluding tert-OH is 1. The fourth-order valence-corrected chi connectivity index (χ4v) is 6.17. The second kappa shape index (κ2) is 8.68. The molecule has 0 aromatic heterocycles. The van der Waals surface area contributed by atoms with Crippen LogP contribution >= 0.6 is 0 Å². The van der Waals surface area contributed by atoms with E-state index in [-0.39, 0.29) is 29.6 Å². The van der Waals surface area contributed by atoms with Crippen molar-refractivity contribution in [2.75, 3.05) is 0 Å². The summed E-state index contributed by atoms with van der Waals surface area (Å²) in [7, 11) is -1.77. The molecule has 0 saturated carbocycles. The number of carbonyl (C=O) groups excluding carboxylic acids is 1. The predicted octanol–water partition coefficient (Wildman–Crippen LogP) is 5.38. The number of aliphatic hydroxyl groups is 1. The van der Waals surface area contributed by atoms with Crippen molar-refractivity contribution in [2.45, 2.75) is 103 Å². The number of ether oxygens (including phenoxy) is 1. The van der Waals surface area contributed by atoms with E-state index in [0.29, 0.717) is 24.2 Å². The zero-order valence-electron chi connectivity index (χ0n) is 19.1. The lowest BCUT2D eigenvalue weighted by molar-refractivity contribution is -0.160. The van der Waals surface area contributed by atoms with Crippen molar-refractivity contribution in [3.63, 3.8) is 0 Å². The minimum absolute atomic E-state index is 0.130. The summed E-state index contributed by atoms with van der Waals surface area (Å²) in [5, 5.41) is 10.1. The van der Waals surface area contributed by atoms with Crippen LogP contribution in [0.1, 0.15) is 66.2 Å². The number of hydrogen-bond donors (Lipinski definition) is 1. The van der Waals surface area contributed by atoms with E-state index in [1.165, 1.54) is 5.57 Å². The SMILES string of the molecule is CC1C=CC2=CC(O[Si](C)(C)C(C)(C)C)CCC2C1CCC1CC(O)CC(=O)O1. The van der Waals surface area contributed by atoms with Crippen LogP contribution in [0, 0.1) is 17.8 Å². The molecule has 1 N–H and O–H groups in total. The Balaban J connectivity index is 1.64. The van der Waals surface area contributed by atoms with Crippen LogP contribution in [0.4, 0.5) is 0 Å². The standard InChI is InChI=1S/C24H40O4Si/c1-16-7-8-17-13-20(28-29(5,6)24(2,3)4)10-12-22(17)21(16)11-9-19-14-18(25)15-23(26)27-19/h7-8,13,16,18-22,25H,9-12,14-15H2,1-6H3. The smallest absolute Gasteiger partial charge is 0.308 e. The van der Waals surface area contributed by atoms with Crippen LogP contribution < -0.4 is 0 Å². The first-order chi connectivity index (χ1) is 13.5. The average Bonchev–Trinajstić information content (AvgIpc) is 2.59. The highest BCUT2D eigenvalue weighted by Gasteiger charge is 2.41. The molecule has 2 aliphatic carbocycles.